The van der Waals surface area contributed by atoms with E-state index in [0.29, 0.717) is 10.0 Å². The van der Waals surface area contributed by atoms with Crippen molar-refractivity contribution in [3.63, 3.8) is 0 Å². The van der Waals surface area contributed by atoms with Gasteiger partial charge in [-0.25, -0.2) is 0 Å². The van der Waals surface area contributed by atoms with Gasteiger partial charge in [0.2, 0.25) is 0 Å². The Balaban J connectivity index is 2.87. The third-order valence-electron chi connectivity index (χ3n) is 2.08. The predicted molar refractivity (Wildman–Crippen MR) is 77.2 cm³/mol. The molecule has 0 aromatic heterocycles. The highest BCUT2D eigenvalue weighted by Crippen LogP contribution is 2.19. The first-order valence-corrected chi connectivity index (χ1v) is 6.56. The fourth-order valence-corrected chi connectivity index (χ4v) is 2.02. The van der Waals surface area contributed by atoms with E-state index in [1.807, 2.05) is 6.07 Å². The molecule has 1 aromatic carbocycles. The van der Waals surface area contributed by atoms with Crippen LogP contribution >= 0.6 is 38.5 Å². The van der Waals surface area contributed by atoms with Crippen LogP contribution in [0.1, 0.15) is 17.3 Å². The van der Waals surface area contributed by atoms with Crippen LogP contribution in [0.4, 0.5) is 0 Å². The van der Waals surface area contributed by atoms with Crippen LogP contribution in [0, 0.1) is 3.57 Å². The second kappa shape index (κ2) is 6.20. The molecule has 0 saturated heterocycles. The van der Waals surface area contributed by atoms with Crippen molar-refractivity contribution in [1.82, 2.24) is 5.32 Å². The van der Waals surface area contributed by atoms with Gasteiger partial charge >= 0.3 is 0 Å². The number of amidine groups is 1. The lowest BCUT2D eigenvalue weighted by Gasteiger charge is -2.13. The molecule has 0 aliphatic heterocycles. The minimum Gasteiger partial charge on any atom is -0.409 e. The van der Waals surface area contributed by atoms with E-state index >= 15 is 0 Å². The number of amides is 1. The molecule has 0 spiro atoms. The zero-order valence-corrected chi connectivity index (χ0v) is 12.7. The monoisotopic (exact) mass is 411 g/mol. The number of hydrogen-bond donors (Lipinski definition) is 3. The number of halogens is 2. The largest absolute Gasteiger partial charge is 0.409 e. The van der Waals surface area contributed by atoms with Gasteiger partial charge in [0.15, 0.2) is 5.84 Å². The molecule has 5 nitrogen and oxygen atoms in total. The summed E-state index contributed by atoms with van der Waals surface area (Å²) in [4.78, 5) is 11.9. The van der Waals surface area contributed by atoms with Gasteiger partial charge in [0.1, 0.15) is 0 Å². The lowest BCUT2D eigenvalue weighted by Crippen LogP contribution is -2.42. The molecule has 0 radical (unpaired) electrons. The van der Waals surface area contributed by atoms with Crippen LogP contribution in [-0.4, -0.2) is 23.0 Å². The molecule has 0 bridgehead atoms. The molecule has 1 atom stereocenters. The Morgan fingerprint density at radius 2 is 2.29 bits per heavy atom. The van der Waals surface area contributed by atoms with Crippen LogP contribution < -0.4 is 11.1 Å². The lowest BCUT2D eigenvalue weighted by molar-refractivity contribution is 0.0948. The van der Waals surface area contributed by atoms with E-state index in [-0.39, 0.29) is 11.7 Å². The summed E-state index contributed by atoms with van der Waals surface area (Å²) < 4.78 is 1.65. The highest BCUT2D eigenvalue weighted by atomic mass is 127. The van der Waals surface area contributed by atoms with Crippen LogP contribution in [-0.2, 0) is 0 Å². The van der Waals surface area contributed by atoms with E-state index in [0.717, 1.165) is 3.57 Å². The number of nitrogens with two attached hydrogens (primary N) is 1. The summed E-state index contributed by atoms with van der Waals surface area (Å²) in [6, 6.07) is 4.90. The van der Waals surface area contributed by atoms with Gasteiger partial charge in [-0.2, -0.15) is 0 Å². The Labute approximate surface area is 121 Å². The maximum Gasteiger partial charge on any atom is 0.253 e. The van der Waals surface area contributed by atoms with Gasteiger partial charge in [0.05, 0.1) is 11.6 Å². The lowest BCUT2D eigenvalue weighted by atomic mass is 10.2. The van der Waals surface area contributed by atoms with Gasteiger partial charge in [0, 0.05) is 8.04 Å². The number of hydrogen-bond acceptors (Lipinski definition) is 3. The molecule has 1 rings (SSSR count). The van der Waals surface area contributed by atoms with Crippen LogP contribution in [0.15, 0.2) is 27.8 Å². The fourth-order valence-electron chi connectivity index (χ4n) is 1.11. The SMILES string of the molecule is CC(NC(=O)c1cc(I)ccc1Br)/C(N)=N/O. The number of nitrogens with one attached hydrogen (secondary N) is 1. The molecular formula is C10H11BrIN3O2. The maximum absolute atomic E-state index is 11.9. The summed E-state index contributed by atoms with van der Waals surface area (Å²) in [5.41, 5.74) is 5.89. The minimum atomic E-state index is -0.530. The van der Waals surface area contributed by atoms with E-state index in [9.17, 15) is 4.79 Å². The van der Waals surface area contributed by atoms with E-state index in [2.05, 4.69) is 49.0 Å². The molecule has 17 heavy (non-hydrogen) atoms. The van der Waals surface area contributed by atoms with E-state index < -0.39 is 6.04 Å². The Morgan fingerprint density at radius 1 is 1.65 bits per heavy atom. The second-order valence-corrected chi connectivity index (χ2v) is 5.44. The summed E-state index contributed by atoms with van der Waals surface area (Å²) in [6.07, 6.45) is 0. The first kappa shape index (κ1) is 14.2. The van der Waals surface area contributed by atoms with Crippen molar-refractivity contribution >= 4 is 50.3 Å². The molecule has 0 saturated carbocycles. The predicted octanol–water partition coefficient (Wildman–Crippen LogP) is 1.92. The molecular weight excluding hydrogens is 401 g/mol. The average molecular weight is 412 g/mol. The van der Waals surface area contributed by atoms with E-state index in [1.165, 1.54) is 0 Å². The van der Waals surface area contributed by atoms with Crippen molar-refractivity contribution in [3.8, 4) is 0 Å². The Morgan fingerprint density at radius 3 is 2.88 bits per heavy atom. The first-order chi connectivity index (χ1) is 7.95. The number of nitrogens with zero attached hydrogens (tertiary/aromatic N) is 1. The van der Waals surface area contributed by atoms with Gasteiger partial charge in [-0.15, -0.1) is 0 Å². The second-order valence-electron chi connectivity index (χ2n) is 3.34. The molecule has 0 fully saturated rings. The van der Waals surface area contributed by atoms with E-state index in [4.69, 9.17) is 10.9 Å². The highest BCUT2D eigenvalue weighted by Gasteiger charge is 2.15. The molecule has 0 aliphatic rings. The van der Waals surface area contributed by atoms with Crippen molar-refractivity contribution in [3.05, 3.63) is 31.8 Å². The molecule has 1 aromatic rings. The summed E-state index contributed by atoms with van der Waals surface area (Å²) in [5.74, 6) is -0.324. The maximum atomic E-state index is 11.9. The van der Waals surface area contributed by atoms with Gasteiger partial charge in [-0.1, -0.05) is 5.16 Å². The van der Waals surface area contributed by atoms with Gasteiger partial charge < -0.3 is 16.3 Å². The third kappa shape index (κ3) is 3.84. The van der Waals surface area contributed by atoms with Crippen molar-refractivity contribution in [2.24, 2.45) is 10.9 Å². The van der Waals surface area contributed by atoms with Gasteiger partial charge in [-0.3, -0.25) is 4.79 Å². The molecule has 7 heteroatoms. The Kier molecular flexibility index (Phi) is 5.19. The quantitative estimate of drug-likeness (QED) is 0.233. The normalized spacial score (nSPS) is 13.2. The number of carbonyl (C=O) groups excluding carboxylic acids is 1. The van der Waals surface area contributed by atoms with Gasteiger partial charge in [-0.05, 0) is 63.6 Å². The number of benzene rings is 1. The smallest absolute Gasteiger partial charge is 0.253 e. The fraction of sp³-hybridized carbons (Fsp3) is 0.200. The average Bonchev–Trinajstić information content (AvgIpc) is 2.30. The van der Waals surface area contributed by atoms with Crippen LogP contribution in [0.3, 0.4) is 0 Å². The highest BCUT2D eigenvalue weighted by molar-refractivity contribution is 14.1. The Bertz CT molecular complexity index is 465. The summed E-state index contributed by atoms with van der Waals surface area (Å²) in [5, 5.41) is 14.0. The molecule has 92 valence electrons. The molecule has 4 N–H and O–H groups in total. The summed E-state index contributed by atoms with van der Waals surface area (Å²) in [6.45, 7) is 1.63. The molecule has 0 aliphatic carbocycles. The van der Waals surface area contributed by atoms with E-state index in [1.54, 1.807) is 19.1 Å². The van der Waals surface area contributed by atoms with Crippen LogP contribution in [0.25, 0.3) is 0 Å². The van der Waals surface area contributed by atoms with Crippen LogP contribution in [0.2, 0.25) is 0 Å². The molecule has 1 unspecified atom stereocenters. The number of oxime groups is 1. The zero-order valence-electron chi connectivity index (χ0n) is 8.95. The zero-order chi connectivity index (χ0) is 13.0. The molecule has 1 amide bonds. The summed E-state index contributed by atoms with van der Waals surface area (Å²) in [7, 11) is 0. The first-order valence-electron chi connectivity index (χ1n) is 4.69. The Hall–Kier alpha value is -0.830. The number of rotatable bonds is 3. The van der Waals surface area contributed by atoms with Crippen molar-refractivity contribution < 1.29 is 10.0 Å². The van der Waals surface area contributed by atoms with Crippen molar-refractivity contribution in [1.29, 1.82) is 0 Å². The standard InChI is InChI=1S/C10H11BrIN3O2/c1-5(9(13)15-17)14-10(16)7-4-6(12)2-3-8(7)11/h2-5,17H,1H3,(H2,13,15)(H,14,16). The van der Waals surface area contributed by atoms with Crippen LogP contribution in [0.5, 0.6) is 0 Å². The third-order valence-corrected chi connectivity index (χ3v) is 3.44. The number of carbonyl (C=O) groups is 1. The topological polar surface area (TPSA) is 87.7 Å². The summed E-state index contributed by atoms with van der Waals surface area (Å²) >= 11 is 5.42. The minimum absolute atomic E-state index is 0.0416. The van der Waals surface area contributed by atoms with Crippen molar-refractivity contribution in [2.75, 3.05) is 0 Å². The van der Waals surface area contributed by atoms with Crippen molar-refractivity contribution in [2.45, 2.75) is 13.0 Å². The van der Waals surface area contributed by atoms with Gasteiger partial charge in [0.25, 0.3) is 5.91 Å². The molecule has 0 heterocycles.